The quantitative estimate of drug-likeness (QED) is 0.839. The molecule has 100 valence electrons. The van der Waals surface area contributed by atoms with E-state index in [1.807, 2.05) is 6.07 Å². The Bertz CT molecular complexity index is 411. The molecule has 1 aliphatic carbocycles. The normalized spacial score (nSPS) is 15.8. The van der Waals surface area contributed by atoms with Gasteiger partial charge in [-0.2, -0.15) is 0 Å². The van der Waals surface area contributed by atoms with Gasteiger partial charge in [0.2, 0.25) is 5.88 Å². The van der Waals surface area contributed by atoms with Crippen molar-refractivity contribution in [1.29, 1.82) is 0 Å². The molecule has 0 amide bonds. The van der Waals surface area contributed by atoms with Gasteiger partial charge < -0.3 is 10.1 Å². The van der Waals surface area contributed by atoms with Gasteiger partial charge in [0.1, 0.15) is 5.60 Å². The third-order valence-corrected chi connectivity index (χ3v) is 3.56. The van der Waals surface area contributed by atoms with Crippen LogP contribution in [0, 0.1) is 6.92 Å². The molecule has 1 aromatic rings. The van der Waals surface area contributed by atoms with Crippen molar-refractivity contribution >= 4 is 0 Å². The topological polar surface area (TPSA) is 34.1 Å². The average Bonchev–Trinajstić information content (AvgIpc) is 3.11. The number of nitrogens with zero attached hydrogens (tertiary/aromatic N) is 1. The molecule has 18 heavy (non-hydrogen) atoms. The minimum Gasteiger partial charge on any atom is -0.472 e. The molecule has 0 radical (unpaired) electrons. The molecule has 0 saturated heterocycles. The Labute approximate surface area is 110 Å². The molecule has 0 atom stereocenters. The van der Waals surface area contributed by atoms with E-state index in [0.717, 1.165) is 30.6 Å². The molecule has 3 heteroatoms. The molecule has 0 aromatic carbocycles. The second-order valence-electron chi connectivity index (χ2n) is 5.76. The second-order valence-corrected chi connectivity index (χ2v) is 5.76. The fourth-order valence-corrected chi connectivity index (χ4v) is 1.71. The van der Waals surface area contributed by atoms with Gasteiger partial charge >= 0.3 is 0 Å². The summed E-state index contributed by atoms with van der Waals surface area (Å²) < 4.78 is 5.89. The van der Waals surface area contributed by atoms with Crippen LogP contribution in [0.25, 0.3) is 0 Å². The Balaban J connectivity index is 1.99. The number of ether oxygens (including phenoxy) is 1. The lowest BCUT2D eigenvalue weighted by molar-refractivity contribution is 0.0988. The minimum atomic E-state index is -0.146. The molecular weight excluding hydrogens is 224 g/mol. The number of pyridine rings is 1. The molecule has 1 aliphatic rings. The van der Waals surface area contributed by atoms with E-state index < -0.39 is 0 Å². The maximum absolute atomic E-state index is 5.89. The SMILES string of the molecule is CCC(C)(C)Oc1ccc(CNC2CC2)c(C)n1. The van der Waals surface area contributed by atoms with Crippen LogP contribution < -0.4 is 10.1 Å². The number of hydrogen-bond acceptors (Lipinski definition) is 3. The summed E-state index contributed by atoms with van der Waals surface area (Å²) in [5, 5.41) is 3.51. The van der Waals surface area contributed by atoms with E-state index >= 15 is 0 Å². The maximum atomic E-state index is 5.89. The largest absolute Gasteiger partial charge is 0.472 e. The number of hydrogen-bond donors (Lipinski definition) is 1. The first kappa shape index (κ1) is 13.3. The molecule has 2 rings (SSSR count). The van der Waals surface area contributed by atoms with Crippen molar-refractivity contribution < 1.29 is 4.74 Å². The Morgan fingerprint density at radius 1 is 1.39 bits per heavy atom. The Morgan fingerprint density at radius 3 is 2.67 bits per heavy atom. The van der Waals surface area contributed by atoms with Gasteiger partial charge in [0.25, 0.3) is 0 Å². The zero-order valence-corrected chi connectivity index (χ0v) is 11.9. The van der Waals surface area contributed by atoms with Crippen molar-refractivity contribution in [1.82, 2.24) is 10.3 Å². The van der Waals surface area contributed by atoms with E-state index in [2.05, 4.69) is 44.1 Å². The highest BCUT2D eigenvalue weighted by Gasteiger charge is 2.21. The van der Waals surface area contributed by atoms with Crippen LogP contribution in [0.1, 0.15) is 51.3 Å². The van der Waals surface area contributed by atoms with Gasteiger partial charge in [0.15, 0.2) is 0 Å². The van der Waals surface area contributed by atoms with E-state index in [1.54, 1.807) is 0 Å². The summed E-state index contributed by atoms with van der Waals surface area (Å²) in [7, 11) is 0. The molecule has 0 aliphatic heterocycles. The zero-order chi connectivity index (χ0) is 13.2. The molecule has 0 bridgehead atoms. The fraction of sp³-hybridized carbons (Fsp3) is 0.667. The third kappa shape index (κ3) is 3.70. The molecular formula is C15H24N2O. The number of aryl methyl sites for hydroxylation is 1. The predicted octanol–water partition coefficient (Wildman–Crippen LogP) is 3.21. The molecule has 1 saturated carbocycles. The number of rotatable bonds is 6. The highest BCUT2D eigenvalue weighted by molar-refractivity contribution is 5.25. The molecule has 0 unspecified atom stereocenters. The van der Waals surface area contributed by atoms with Crippen LogP contribution in [0.15, 0.2) is 12.1 Å². The first-order chi connectivity index (χ1) is 8.50. The lowest BCUT2D eigenvalue weighted by atomic mass is 10.1. The Hall–Kier alpha value is -1.09. The first-order valence-electron chi connectivity index (χ1n) is 6.89. The molecule has 1 fully saturated rings. The summed E-state index contributed by atoms with van der Waals surface area (Å²) in [6.07, 6.45) is 3.61. The van der Waals surface area contributed by atoms with Crippen LogP contribution in [0.4, 0.5) is 0 Å². The number of aromatic nitrogens is 1. The smallest absolute Gasteiger partial charge is 0.213 e. The van der Waals surface area contributed by atoms with Crippen LogP contribution in [-0.2, 0) is 6.54 Å². The first-order valence-corrected chi connectivity index (χ1v) is 6.89. The van der Waals surface area contributed by atoms with E-state index in [4.69, 9.17) is 4.74 Å². The summed E-state index contributed by atoms with van der Waals surface area (Å²) in [5.74, 6) is 0.731. The summed E-state index contributed by atoms with van der Waals surface area (Å²) in [6, 6.07) is 4.84. The van der Waals surface area contributed by atoms with Crippen LogP contribution in [0.3, 0.4) is 0 Å². The van der Waals surface area contributed by atoms with Gasteiger partial charge in [-0.3, -0.25) is 0 Å². The van der Waals surface area contributed by atoms with Crippen LogP contribution in [0.5, 0.6) is 5.88 Å². The maximum Gasteiger partial charge on any atom is 0.213 e. The molecule has 1 N–H and O–H groups in total. The highest BCUT2D eigenvalue weighted by Crippen LogP contribution is 2.22. The minimum absolute atomic E-state index is 0.146. The Kier molecular flexibility index (Phi) is 3.91. The average molecular weight is 248 g/mol. The second kappa shape index (κ2) is 5.27. The standard InChI is InChI=1S/C15H24N2O/c1-5-15(3,4)18-14-9-6-12(11(2)17-14)10-16-13-7-8-13/h6,9,13,16H,5,7-8,10H2,1-4H3. The lowest BCUT2D eigenvalue weighted by Crippen LogP contribution is -2.27. The highest BCUT2D eigenvalue weighted by atomic mass is 16.5. The van der Waals surface area contributed by atoms with E-state index in [9.17, 15) is 0 Å². The fourth-order valence-electron chi connectivity index (χ4n) is 1.71. The molecule has 3 nitrogen and oxygen atoms in total. The summed E-state index contributed by atoms with van der Waals surface area (Å²) in [5.41, 5.74) is 2.18. The third-order valence-electron chi connectivity index (χ3n) is 3.56. The monoisotopic (exact) mass is 248 g/mol. The van der Waals surface area contributed by atoms with Crippen molar-refractivity contribution in [2.75, 3.05) is 0 Å². The van der Waals surface area contributed by atoms with Gasteiger partial charge in [-0.1, -0.05) is 13.0 Å². The van der Waals surface area contributed by atoms with Crippen molar-refractivity contribution in [3.63, 3.8) is 0 Å². The zero-order valence-electron chi connectivity index (χ0n) is 11.9. The predicted molar refractivity (Wildman–Crippen MR) is 73.8 cm³/mol. The van der Waals surface area contributed by atoms with Gasteiger partial charge in [0.05, 0.1) is 0 Å². The molecule has 1 heterocycles. The number of nitrogens with one attached hydrogen (secondary N) is 1. The summed E-state index contributed by atoms with van der Waals surface area (Å²) >= 11 is 0. The van der Waals surface area contributed by atoms with E-state index in [0.29, 0.717) is 0 Å². The van der Waals surface area contributed by atoms with Gasteiger partial charge in [0, 0.05) is 24.3 Å². The van der Waals surface area contributed by atoms with Crippen molar-refractivity contribution in [3.05, 3.63) is 23.4 Å². The van der Waals surface area contributed by atoms with E-state index in [-0.39, 0.29) is 5.60 Å². The summed E-state index contributed by atoms with van der Waals surface area (Å²) in [6.45, 7) is 9.27. The van der Waals surface area contributed by atoms with Gasteiger partial charge in [-0.25, -0.2) is 4.98 Å². The molecule has 0 spiro atoms. The summed E-state index contributed by atoms with van der Waals surface area (Å²) in [4.78, 5) is 4.54. The van der Waals surface area contributed by atoms with Gasteiger partial charge in [-0.15, -0.1) is 0 Å². The Morgan fingerprint density at radius 2 is 2.11 bits per heavy atom. The molecule has 1 aromatic heterocycles. The van der Waals surface area contributed by atoms with Gasteiger partial charge in [-0.05, 0) is 45.6 Å². The van der Waals surface area contributed by atoms with Crippen molar-refractivity contribution in [2.45, 2.75) is 65.1 Å². The lowest BCUT2D eigenvalue weighted by Gasteiger charge is -2.24. The van der Waals surface area contributed by atoms with Crippen LogP contribution in [0.2, 0.25) is 0 Å². The van der Waals surface area contributed by atoms with E-state index in [1.165, 1.54) is 18.4 Å². The van der Waals surface area contributed by atoms with Crippen LogP contribution in [-0.4, -0.2) is 16.6 Å². The van der Waals surface area contributed by atoms with Crippen LogP contribution >= 0.6 is 0 Å². The van der Waals surface area contributed by atoms with Crippen molar-refractivity contribution in [2.24, 2.45) is 0 Å². The van der Waals surface area contributed by atoms with Crippen molar-refractivity contribution in [3.8, 4) is 5.88 Å².